The Kier molecular flexibility index (Phi) is 5.29. The van der Waals surface area contributed by atoms with Gasteiger partial charge in [0, 0.05) is 12.0 Å². The van der Waals surface area contributed by atoms with E-state index in [0.717, 1.165) is 23.4 Å². The first-order chi connectivity index (χ1) is 13.2. The lowest BCUT2D eigenvalue weighted by molar-refractivity contribution is -0.144. The number of esters is 1. The van der Waals surface area contributed by atoms with Crippen LogP contribution in [0.1, 0.15) is 54.3 Å². The molecule has 0 spiro atoms. The number of fused-ring (bicyclic) bond motifs is 1. The molecule has 140 valence electrons. The second-order valence-electron chi connectivity index (χ2n) is 6.88. The van der Waals surface area contributed by atoms with Crippen LogP contribution in [-0.2, 0) is 22.6 Å². The molecule has 1 saturated carbocycles. The first-order valence-corrected chi connectivity index (χ1v) is 10.1. The lowest BCUT2D eigenvalue weighted by atomic mass is 9.90. The molecule has 6 nitrogen and oxygen atoms in total. The highest BCUT2D eigenvalue weighted by Crippen LogP contribution is 2.34. The zero-order valence-electron chi connectivity index (χ0n) is 15.0. The number of rotatable bonds is 5. The van der Waals surface area contributed by atoms with Crippen LogP contribution in [-0.4, -0.2) is 20.6 Å². The van der Waals surface area contributed by atoms with Crippen LogP contribution in [0.5, 0.6) is 0 Å². The van der Waals surface area contributed by atoms with E-state index in [4.69, 9.17) is 4.74 Å². The van der Waals surface area contributed by atoms with E-state index in [0.29, 0.717) is 16.6 Å². The molecular weight excluding hydrogens is 362 g/mol. The van der Waals surface area contributed by atoms with Gasteiger partial charge in [-0.1, -0.05) is 60.9 Å². The van der Waals surface area contributed by atoms with Crippen molar-refractivity contribution in [2.45, 2.75) is 51.0 Å². The molecule has 0 N–H and O–H groups in total. The molecule has 1 fully saturated rings. The van der Waals surface area contributed by atoms with E-state index in [1.807, 2.05) is 30.3 Å². The van der Waals surface area contributed by atoms with E-state index >= 15 is 0 Å². The van der Waals surface area contributed by atoms with Crippen LogP contribution >= 0.6 is 11.3 Å². The number of carbonyl (C=O) groups is 1. The lowest BCUT2D eigenvalue weighted by Gasteiger charge is -2.18. The molecule has 7 heteroatoms. The van der Waals surface area contributed by atoms with Gasteiger partial charge >= 0.3 is 5.97 Å². The van der Waals surface area contributed by atoms with Gasteiger partial charge in [0.15, 0.2) is 0 Å². The minimum atomic E-state index is -0.338. The first kappa shape index (κ1) is 17.9. The summed E-state index contributed by atoms with van der Waals surface area (Å²) >= 11 is 1.47. The fraction of sp³-hybridized carbons (Fsp3) is 0.400. The van der Waals surface area contributed by atoms with Gasteiger partial charge in [-0.15, -0.1) is 0 Å². The summed E-state index contributed by atoms with van der Waals surface area (Å²) in [4.78, 5) is 29.4. The molecule has 1 aliphatic carbocycles. The van der Waals surface area contributed by atoms with Gasteiger partial charge in [0.25, 0.3) is 5.56 Å². The maximum atomic E-state index is 12.4. The molecule has 0 bridgehead atoms. The van der Waals surface area contributed by atoms with Crippen molar-refractivity contribution in [3.8, 4) is 0 Å². The zero-order valence-corrected chi connectivity index (χ0v) is 15.8. The molecule has 27 heavy (non-hydrogen) atoms. The SMILES string of the molecule is O=C(Cc1ccccc1)OCc1cc(=O)n2nc(C3CCCCC3)sc2n1. The van der Waals surface area contributed by atoms with E-state index in [1.165, 1.54) is 41.2 Å². The van der Waals surface area contributed by atoms with E-state index in [2.05, 4.69) is 10.1 Å². The smallest absolute Gasteiger partial charge is 0.310 e. The van der Waals surface area contributed by atoms with Crippen LogP contribution in [0.3, 0.4) is 0 Å². The summed E-state index contributed by atoms with van der Waals surface area (Å²) in [6.45, 7) is -0.00588. The maximum absolute atomic E-state index is 12.4. The van der Waals surface area contributed by atoms with Gasteiger partial charge in [0.2, 0.25) is 4.96 Å². The molecule has 0 amide bonds. The quantitative estimate of drug-likeness (QED) is 0.631. The lowest BCUT2D eigenvalue weighted by Crippen LogP contribution is -2.17. The summed E-state index contributed by atoms with van der Waals surface area (Å²) in [6.07, 6.45) is 6.15. The van der Waals surface area contributed by atoms with Gasteiger partial charge < -0.3 is 4.74 Å². The molecule has 0 unspecified atom stereocenters. The Labute approximate surface area is 160 Å². The minimum Gasteiger partial charge on any atom is -0.459 e. The summed E-state index contributed by atoms with van der Waals surface area (Å²) < 4.78 is 6.66. The van der Waals surface area contributed by atoms with Crippen molar-refractivity contribution in [3.05, 3.63) is 63.0 Å². The summed E-state index contributed by atoms with van der Waals surface area (Å²) in [6, 6.07) is 10.8. The monoisotopic (exact) mass is 383 g/mol. The van der Waals surface area contributed by atoms with Crippen molar-refractivity contribution >= 4 is 22.3 Å². The van der Waals surface area contributed by atoms with E-state index in [1.54, 1.807) is 0 Å². The zero-order chi connectivity index (χ0) is 18.6. The van der Waals surface area contributed by atoms with E-state index in [9.17, 15) is 9.59 Å². The number of nitrogens with zero attached hydrogens (tertiary/aromatic N) is 3. The van der Waals surface area contributed by atoms with Gasteiger partial charge in [-0.2, -0.15) is 9.61 Å². The van der Waals surface area contributed by atoms with Crippen LogP contribution in [0.15, 0.2) is 41.2 Å². The van der Waals surface area contributed by atoms with Crippen molar-refractivity contribution in [2.75, 3.05) is 0 Å². The molecular formula is C20H21N3O3S. The van der Waals surface area contributed by atoms with Crippen molar-refractivity contribution < 1.29 is 9.53 Å². The van der Waals surface area contributed by atoms with Crippen LogP contribution in [0, 0.1) is 0 Å². The Balaban J connectivity index is 1.46. The summed E-state index contributed by atoms with van der Waals surface area (Å²) in [5.74, 6) is 0.0902. The fourth-order valence-corrected chi connectivity index (χ4v) is 4.52. The predicted molar refractivity (Wildman–Crippen MR) is 103 cm³/mol. The second-order valence-corrected chi connectivity index (χ2v) is 7.87. The molecule has 0 radical (unpaired) electrons. The Bertz CT molecular complexity index is 991. The van der Waals surface area contributed by atoms with Gasteiger partial charge in [0.05, 0.1) is 12.1 Å². The molecule has 0 atom stereocenters. The normalized spacial score (nSPS) is 15.1. The highest BCUT2D eigenvalue weighted by molar-refractivity contribution is 7.16. The van der Waals surface area contributed by atoms with Gasteiger partial charge in [0.1, 0.15) is 11.6 Å². The Morgan fingerprint density at radius 1 is 1.19 bits per heavy atom. The summed E-state index contributed by atoms with van der Waals surface area (Å²) in [5, 5.41) is 5.46. The first-order valence-electron chi connectivity index (χ1n) is 9.28. The standard InChI is InChI=1S/C20H21N3O3S/c24-17-12-16(13-26-18(25)11-14-7-3-1-4-8-14)21-20-23(17)22-19(27-20)15-9-5-2-6-10-15/h1,3-4,7-8,12,15H,2,5-6,9-11,13H2. The van der Waals surface area contributed by atoms with Gasteiger partial charge in [-0.3, -0.25) is 9.59 Å². The third-order valence-corrected chi connectivity index (χ3v) is 5.91. The second kappa shape index (κ2) is 8.00. The number of carbonyl (C=O) groups excluding carboxylic acids is 1. The number of hydrogen-bond acceptors (Lipinski definition) is 6. The molecule has 1 aromatic carbocycles. The third kappa shape index (κ3) is 4.24. The summed E-state index contributed by atoms with van der Waals surface area (Å²) in [5.41, 5.74) is 1.12. The molecule has 0 aliphatic heterocycles. The van der Waals surface area contributed by atoms with Crippen LogP contribution in [0.2, 0.25) is 0 Å². The molecule has 2 heterocycles. The van der Waals surface area contributed by atoms with Gasteiger partial charge in [-0.25, -0.2) is 4.98 Å². The van der Waals surface area contributed by atoms with E-state index < -0.39 is 0 Å². The topological polar surface area (TPSA) is 73.6 Å². The highest BCUT2D eigenvalue weighted by Gasteiger charge is 2.20. The third-order valence-electron chi connectivity index (χ3n) is 4.84. The average molecular weight is 383 g/mol. The molecule has 2 aromatic heterocycles. The molecule has 0 saturated heterocycles. The van der Waals surface area contributed by atoms with Crippen molar-refractivity contribution in [3.63, 3.8) is 0 Å². The van der Waals surface area contributed by atoms with Gasteiger partial charge in [-0.05, 0) is 18.4 Å². The molecule has 1 aliphatic rings. The largest absolute Gasteiger partial charge is 0.459 e. The minimum absolute atomic E-state index is 0.00588. The highest BCUT2D eigenvalue weighted by atomic mass is 32.1. The van der Waals surface area contributed by atoms with E-state index in [-0.39, 0.29) is 24.6 Å². The number of aromatic nitrogens is 3. The fourth-order valence-electron chi connectivity index (χ4n) is 3.43. The maximum Gasteiger partial charge on any atom is 0.310 e. The predicted octanol–water partition coefficient (Wildman–Crippen LogP) is 3.48. The Morgan fingerprint density at radius 2 is 1.96 bits per heavy atom. The van der Waals surface area contributed by atoms with Crippen molar-refractivity contribution in [1.82, 2.24) is 14.6 Å². The number of ether oxygens (including phenoxy) is 1. The number of benzene rings is 1. The Hall–Kier alpha value is -2.54. The van der Waals surface area contributed by atoms with Crippen LogP contribution in [0.25, 0.3) is 4.96 Å². The summed E-state index contributed by atoms with van der Waals surface area (Å²) in [7, 11) is 0. The number of hydrogen-bond donors (Lipinski definition) is 0. The average Bonchev–Trinajstić information content (AvgIpc) is 3.13. The molecule has 3 aromatic rings. The van der Waals surface area contributed by atoms with Crippen LogP contribution in [0.4, 0.5) is 0 Å². The molecule has 4 rings (SSSR count). The van der Waals surface area contributed by atoms with Crippen molar-refractivity contribution in [2.24, 2.45) is 0 Å². The van der Waals surface area contributed by atoms with Crippen LogP contribution < -0.4 is 5.56 Å². The van der Waals surface area contributed by atoms with Crippen molar-refractivity contribution in [1.29, 1.82) is 0 Å². The Morgan fingerprint density at radius 3 is 2.74 bits per heavy atom.